The van der Waals surface area contributed by atoms with Crippen LogP contribution in [0.4, 0.5) is 0 Å². The number of nitrogens with zero attached hydrogens (tertiary/aromatic N) is 4. The molecule has 1 N–H and O–H groups in total. The third-order valence-corrected chi connectivity index (χ3v) is 7.34. The zero-order valence-corrected chi connectivity index (χ0v) is 19.5. The molecule has 1 saturated heterocycles. The van der Waals surface area contributed by atoms with E-state index in [1.165, 1.54) is 22.3 Å². The van der Waals surface area contributed by atoms with Crippen LogP contribution in [0.5, 0.6) is 5.88 Å². The van der Waals surface area contributed by atoms with Gasteiger partial charge in [-0.1, -0.05) is 54.5 Å². The van der Waals surface area contributed by atoms with Crippen LogP contribution in [0.2, 0.25) is 10.0 Å². The van der Waals surface area contributed by atoms with Crippen molar-refractivity contribution in [1.29, 1.82) is 0 Å². The summed E-state index contributed by atoms with van der Waals surface area (Å²) >= 11 is 14.2. The number of likely N-dealkylation sites (tertiary alicyclic amines) is 1. The highest BCUT2D eigenvalue weighted by molar-refractivity contribution is 7.17. The highest BCUT2D eigenvalue weighted by Crippen LogP contribution is 2.44. The van der Waals surface area contributed by atoms with E-state index in [4.69, 9.17) is 27.6 Å². The highest BCUT2D eigenvalue weighted by Gasteiger charge is 2.35. The number of aromatic nitrogens is 3. The van der Waals surface area contributed by atoms with E-state index in [1.807, 2.05) is 12.1 Å². The summed E-state index contributed by atoms with van der Waals surface area (Å²) in [5, 5.41) is 16.8. The normalized spacial score (nSPS) is 21.0. The summed E-state index contributed by atoms with van der Waals surface area (Å²) in [5.74, 6) is 2.18. The Kier molecular flexibility index (Phi) is 5.46. The molecule has 162 valence electrons. The lowest BCUT2D eigenvalue weighted by molar-refractivity contribution is 0.112. The number of furan rings is 1. The summed E-state index contributed by atoms with van der Waals surface area (Å²) in [6.45, 7) is 6.36. The molecule has 0 bridgehead atoms. The van der Waals surface area contributed by atoms with Crippen molar-refractivity contribution in [2.75, 3.05) is 13.1 Å². The second kappa shape index (κ2) is 8.13. The van der Waals surface area contributed by atoms with Crippen molar-refractivity contribution in [3.05, 3.63) is 57.1 Å². The average molecular weight is 477 g/mol. The van der Waals surface area contributed by atoms with Crippen LogP contribution in [0.3, 0.4) is 0 Å². The van der Waals surface area contributed by atoms with Crippen molar-refractivity contribution in [2.45, 2.75) is 26.3 Å². The number of aromatic hydroxyl groups is 1. The SMILES string of the molecule is C[C@@H]1C[C@@H](C)CN([C@@H](c2ccc(Cl)cc2Cl)c2sc3nc(-c4ccco4)nn3c2O)C1. The van der Waals surface area contributed by atoms with E-state index in [1.54, 1.807) is 24.5 Å². The van der Waals surface area contributed by atoms with E-state index in [9.17, 15) is 5.11 Å². The van der Waals surface area contributed by atoms with Crippen molar-refractivity contribution in [2.24, 2.45) is 11.8 Å². The summed E-state index contributed by atoms with van der Waals surface area (Å²) in [4.78, 5) is 8.34. The molecule has 5 rings (SSSR count). The smallest absolute Gasteiger partial charge is 0.230 e. The number of hydrogen-bond donors (Lipinski definition) is 1. The number of benzene rings is 1. The van der Waals surface area contributed by atoms with Crippen molar-refractivity contribution < 1.29 is 9.52 Å². The van der Waals surface area contributed by atoms with Crippen molar-refractivity contribution in [3.63, 3.8) is 0 Å². The Morgan fingerprint density at radius 3 is 2.61 bits per heavy atom. The maximum absolute atomic E-state index is 11.2. The molecule has 0 radical (unpaired) electrons. The lowest BCUT2D eigenvalue weighted by atomic mass is 9.89. The molecule has 0 unspecified atom stereocenters. The summed E-state index contributed by atoms with van der Waals surface area (Å²) in [6, 6.07) is 8.91. The topological polar surface area (TPSA) is 66.8 Å². The van der Waals surface area contributed by atoms with Gasteiger partial charge in [0.1, 0.15) is 0 Å². The van der Waals surface area contributed by atoms with Gasteiger partial charge in [-0.25, -0.2) is 0 Å². The first-order valence-electron chi connectivity index (χ1n) is 10.2. The largest absolute Gasteiger partial charge is 0.492 e. The minimum atomic E-state index is -0.212. The van der Waals surface area contributed by atoms with E-state index in [2.05, 4.69) is 28.8 Å². The third-order valence-electron chi connectivity index (χ3n) is 5.71. The lowest BCUT2D eigenvalue weighted by Crippen LogP contribution is -2.41. The first kappa shape index (κ1) is 20.8. The van der Waals surface area contributed by atoms with Crippen molar-refractivity contribution in [1.82, 2.24) is 19.5 Å². The Balaban J connectivity index is 1.63. The van der Waals surface area contributed by atoms with Crippen LogP contribution < -0.4 is 0 Å². The molecule has 4 heterocycles. The molecule has 1 fully saturated rings. The molecule has 0 saturated carbocycles. The monoisotopic (exact) mass is 476 g/mol. The van der Waals surface area contributed by atoms with Crippen LogP contribution in [0.1, 0.15) is 36.8 Å². The fourth-order valence-electron chi connectivity index (χ4n) is 4.59. The molecule has 0 spiro atoms. The van der Waals surface area contributed by atoms with Gasteiger partial charge in [-0.2, -0.15) is 9.50 Å². The van der Waals surface area contributed by atoms with Gasteiger partial charge in [-0.15, -0.1) is 5.10 Å². The summed E-state index contributed by atoms with van der Waals surface area (Å²) in [7, 11) is 0. The van der Waals surface area contributed by atoms with Gasteiger partial charge in [0.05, 0.1) is 17.2 Å². The summed E-state index contributed by atoms with van der Waals surface area (Å²) < 4.78 is 6.88. The number of halogens is 2. The van der Waals surface area contributed by atoms with Crippen molar-refractivity contribution >= 4 is 39.5 Å². The van der Waals surface area contributed by atoms with Crippen LogP contribution in [0, 0.1) is 11.8 Å². The molecule has 1 aliphatic rings. The average Bonchev–Trinajstić information content (AvgIpc) is 3.42. The number of hydrogen-bond acceptors (Lipinski definition) is 6. The van der Waals surface area contributed by atoms with Crippen LogP contribution in [-0.2, 0) is 0 Å². The molecule has 4 aromatic rings. The zero-order chi connectivity index (χ0) is 21.7. The van der Waals surface area contributed by atoms with Gasteiger partial charge in [-0.3, -0.25) is 4.90 Å². The molecular weight excluding hydrogens is 455 g/mol. The van der Waals surface area contributed by atoms with Gasteiger partial charge in [0.15, 0.2) is 5.76 Å². The Morgan fingerprint density at radius 1 is 1.19 bits per heavy atom. The highest BCUT2D eigenvalue weighted by atomic mass is 35.5. The quantitative estimate of drug-likeness (QED) is 0.383. The van der Waals surface area contributed by atoms with Gasteiger partial charge in [0, 0.05) is 23.1 Å². The molecular formula is C22H22Cl2N4O2S. The second-order valence-corrected chi connectivity index (χ2v) is 10.2. The van der Waals surface area contributed by atoms with Crippen LogP contribution in [0.25, 0.3) is 16.5 Å². The van der Waals surface area contributed by atoms with E-state index in [0.717, 1.165) is 23.5 Å². The molecule has 31 heavy (non-hydrogen) atoms. The fourth-order valence-corrected chi connectivity index (χ4v) is 6.21. The van der Waals surface area contributed by atoms with Gasteiger partial charge < -0.3 is 9.52 Å². The predicted octanol–water partition coefficient (Wildman–Crippen LogP) is 6.13. The Bertz CT molecular complexity index is 1210. The molecule has 3 aromatic heterocycles. The van der Waals surface area contributed by atoms with Gasteiger partial charge in [0.25, 0.3) is 0 Å². The van der Waals surface area contributed by atoms with E-state index in [0.29, 0.717) is 38.4 Å². The molecule has 1 aliphatic heterocycles. The van der Waals surface area contributed by atoms with Gasteiger partial charge in [-0.05, 0) is 48.1 Å². The van der Waals surface area contributed by atoms with Crippen LogP contribution >= 0.6 is 34.5 Å². The zero-order valence-electron chi connectivity index (χ0n) is 17.1. The maximum Gasteiger partial charge on any atom is 0.230 e. The Labute approximate surface area is 194 Å². The van der Waals surface area contributed by atoms with E-state index >= 15 is 0 Å². The van der Waals surface area contributed by atoms with Crippen LogP contribution in [0.15, 0.2) is 41.0 Å². The number of thiazole rings is 1. The van der Waals surface area contributed by atoms with E-state index < -0.39 is 0 Å². The van der Waals surface area contributed by atoms with Crippen LogP contribution in [-0.4, -0.2) is 37.7 Å². The number of fused-ring (bicyclic) bond motifs is 1. The first-order chi connectivity index (χ1) is 14.9. The summed E-state index contributed by atoms with van der Waals surface area (Å²) in [6.07, 6.45) is 2.76. The molecule has 1 aromatic carbocycles. The first-order valence-corrected chi connectivity index (χ1v) is 11.8. The standard InChI is InChI=1S/C22H22Cl2N4O2S/c1-12-8-13(2)11-27(10-12)18(15-6-5-14(23)9-16(15)24)19-21(29)28-22(31-19)25-20(26-28)17-4-3-7-30-17/h3-7,9,12-13,18,29H,8,10-11H2,1-2H3/t12-,13-,18+/m1/s1. The minimum Gasteiger partial charge on any atom is -0.492 e. The fraction of sp³-hybridized carbons (Fsp3) is 0.364. The van der Waals surface area contributed by atoms with Gasteiger partial charge in [0.2, 0.25) is 16.7 Å². The van der Waals surface area contributed by atoms with E-state index in [-0.39, 0.29) is 11.9 Å². The third kappa shape index (κ3) is 3.84. The Hall–Kier alpha value is -2.06. The number of piperidine rings is 1. The predicted molar refractivity (Wildman–Crippen MR) is 123 cm³/mol. The number of rotatable bonds is 4. The molecule has 3 atom stereocenters. The van der Waals surface area contributed by atoms with Gasteiger partial charge >= 0.3 is 0 Å². The molecule has 0 amide bonds. The molecule has 9 heteroatoms. The minimum absolute atomic E-state index is 0.0761. The Morgan fingerprint density at radius 2 is 1.97 bits per heavy atom. The summed E-state index contributed by atoms with van der Waals surface area (Å²) in [5.41, 5.74) is 0.915. The van der Waals surface area contributed by atoms with Crippen molar-refractivity contribution in [3.8, 4) is 17.5 Å². The lowest BCUT2D eigenvalue weighted by Gasteiger charge is -2.40. The maximum atomic E-state index is 11.2. The second-order valence-electron chi connectivity index (χ2n) is 8.37. The molecule has 0 aliphatic carbocycles. The molecule has 6 nitrogen and oxygen atoms in total.